The SMILES string of the molecule is CC(=O)Cc1noc(Cc2ccc(Br)cc2)n1. The fourth-order valence-corrected chi connectivity index (χ4v) is 1.70. The van der Waals surface area contributed by atoms with Crippen LogP contribution < -0.4 is 0 Å². The van der Waals surface area contributed by atoms with Gasteiger partial charge in [-0.3, -0.25) is 4.79 Å². The summed E-state index contributed by atoms with van der Waals surface area (Å²) in [5, 5.41) is 3.75. The van der Waals surface area contributed by atoms with E-state index in [4.69, 9.17) is 4.52 Å². The predicted molar refractivity (Wildman–Crippen MR) is 65.6 cm³/mol. The highest BCUT2D eigenvalue weighted by molar-refractivity contribution is 9.10. The Kier molecular flexibility index (Phi) is 3.68. The highest BCUT2D eigenvalue weighted by Crippen LogP contribution is 2.13. The molecule has 0 N–H and O–H groups in total. The summed E-state index contributed by atoms with van der Waals surface area (Å²) in [5.41, 5.74) is 1.09. The lowest BCUT2D eigenvalue weighted by atomic mass is 10.1. The largest absolute Gasteiger partial charge is 0.339 e. The van der Waals surface area contributed by atoms with Crippen molar-refractivity contribution in [1.82, 2.24) is 10.1 Å². The van der Waals surface area contributed by atoms with E-state index < -0.39 is 0 Å². The number of hydrogen-bond acceptors (Lipinski definition) is 4. The van der Waals surface area contributed by atoms with E-state index in [0.29, 0.717) is 18.1 Å². The number of rotatable bonds is 4. The molecule has 17 heavy (non-hydrogen) atoms. The Hall–Kier alpha value is -1.49. The first-order chi connectivity index (χ1) is 8.13. The summed E-state index contributed by atoms with van der Waals surface area (Å²) in [6.07, 6.45) is 0.808. The molecule has 0 amide bonds. The van der Waals surface area contributed by atoms with Crippen LogP contribution >= 0.6 is 15.9 Å². The van der Waals surface area contributed by atoms with Gasteiger partial charge in [-0.25, -0.2) is 0 Å². The maximum absolute atomic E-state index is 10.9. The van der Waals surface area contributed by atoms with E-state index in [1.54, 1.807) is 0 Å². The number of nitrogens with zero attached hydrogens (tertiary/aromatic N) is 2. The van der Waals surface area contributed by atoms with Gasteiger partial charge in [0.05, 0.1) is 12.8 Å². The van der Waals surface area contributed by atoms with Gasteiger partial charge in [0, 0.05) is 4.47 Å². The van der Waals surface area contributed by atoms with Crippen LogP contribution in [0.2, 0.25) is 0 Å². The Morgan fingerprint density at radius 2 is 2.06 bits per heavy atom. The van der Waals surface area contributed by atoms with Crippen molar-refractivity contribution < 1.29 is 9.32 Å². The second kappa shape index (κ2) is 5.23. The maximum atomic E-state index is 10.9. The quantitative estimate of drug-likeness (QED) is 0.870. The fraction of sp³-hybridized carbons (Fsp3) is 0.250. The topological polar surface area (TPSA) is 56.0 Å². The lowest BCUT2D eigenvalue weighted by molar-refractivity contribution is -0.116. The van der Waals surface area contributed by atoms with Crippen molar-refractivity contribution >= 4 is 21.7 Å². The Bertz CT molecular complexity index is 520. The van der Waals surface area contributed by atoms with Crippen LogP contribution in [0.3, 0.4) is 0 Å². The summed E-state index contributed by atoms with van der Waals surface area (Å²) in [4.78, 5) is 15.0. The molecule has 2 aromatic rings. The number of aromatic nitrogens is 2. The third kappa shape index (κ3) is 3.49. The molecule has 2 rings (SSSR count). The molecule has 0 aliphatic heterocycles. The van der Waals surface area contributed by atoms with Gasteiger partial charge in [-0.05, 0) is 24.6 Å². The van der Waals surface area contributed by atoms with Crippen molar-refractivity contribution in [2.24, 2.45) is 0 Å². The molecular formula is C12H11BrN2O2. The minimum atomic E-state index is 0.0287. The van der Waals surface area contributed by atoms with Gasteiger partial charge in [-0.1, -0.05) is 33.2 Å². The summed E-state index contributed by atoms with van der Waals surface area (Å²) >= 11 is 3.37. The van der Waals surface area contributed by atoms with E-state index in [0.717, 1.165) is 10.0 Å². The van der Waals surface area contributed by atoms with Gasteiger partial charge in [0.2, 0.25) is 5.89 Å². The molecule has 5 heteroatoms. The maximum Gasteiger partial charge on any atom is 0.231 e. The van der Waals surface area contributed by atoms with E-state index in [-0.39, 0.29) is 12.2 Å². The molecule has 0 unspecified atom stereocenters. The number of carbonyl (C=O) groups excluding carboxylic acids is 1. The molecule has 0 fully saturated rings. The molecule has 88 valence electrons. The number of hydrogen-bond donors (Lipinski definition) is 0. The predicted octanol–water partition coefficient (Wildman–Crippen LogP) is 2.55. The summed E-state index contributed by atoms with van der Waals surface area (Å²) in [5.74, 6) is 1.01. The first kappa shape index (κ1) is 12.0. The van der Waals surface area contributed by atoms with Crippen molar-refractivity contribution in [3.8, 4) is 0 Å². The third-order valence-corrected chi connectivity index (χ3v) is 2.71. The zero-order chi connectivity index (χ0) is 12.3. The second-order valence-corrected chi connectivity index (χ2v) is 4.70. The van der Waals surface area contributed by atoms with Gasteiger partial charge < -0.3 is 4.52 Å². The van der Waals surface area contributed by atoms with Crippen LogP contribution in [0.25, 0.3) is 0 Å². The van der Waals surface area contributed by atoms with Crippen LogP contribution in [0.5, 0.6) is 0 Å². The fourth-order valence-electron chi connectivity index (χ4n) is 1.43. The van der Waals surface area contributed by atoms with Crippen LogP contribution in [-0.2, 0) is 17.6 Å². The van der Waals surface area contributed by atoms with E-state index >= 15 is 0 Å². The van der Waals surface area contributed by atoms with Gasteiger partial charge in [0.1, 0.15) is 5.78 Å². The molecule has 1 aromatic heterocycles. The van der Waals surface area contributed by atoms with Crippen LogP contribution in [0, 0.1) is 0 Å². The second-order valence-electron chi connectivity index (χ2n) is 3.79. The van der Waals surface area contributed by atoms with Gasteiger partial charge >= 0.3 is 0 Å². The van der Waals surface area contributed by atoms with Crippen LogP contribution in [-0.4, -0.2) is 15.9 Å². The molecule has 0 saturated carbocycles. The molecule has 4 nitrogen and oxygen atoms in total. The molecule has 0 atom stereocenters. The minimum Gasteiger partial charge on any atom is -0.339 e. The number of halogens is 1. The van der Waals surface area contributed by atoms with Crippen molar-refractivity contribution in [3.63, 3.8) is 0 Å². The molecule has 0 spiro atoms. The monoisotopic (exact) mass is 294 g/mol. The average molecular weight is 295 g/mol. The Labute approximate surface area is 107 Å². The number of ketones is 1. The first-order valence-electron chi connectivity index (χ1n) is 5.19. The number of carbonyl (C=O) groups is 1. The number of benzene rings is 1. The highest BCUT2D eigenvalue weighted by atomic mass is 79.9. The van der Waals surface area contributed by atoms with Gasteiger partial charge in [-0.15, -0.1) is 0 Å². The van der Waals surface area contributed by atoms with Gasteiger partial charge in [-0.2, -0.15) is 4.98 Å². The van der Waals surface area contributed by atoms with E-state index in [1.807, 2.05) is 24.3 Å². The zero-order valence-electron chi connectivity index (χ0n) is 9.31. The zero-order valence-corrected chi connectivity index (χ0v) is 10.9. The van der Waals surface area contributed by atoms with E-state index in [9.17, 15) is 4.79 Å². The van der Waals surface area contributed by atoms with Crippen molar-refractivity contribution in [3.05, 3.63) is 46.0 Å². The summed E-state index contributed by atoms with van der Waals surface area (Å²) in [6, 6.07) is 7.89. The lowest BCUT2D eigenvalue weighted by Gasteiger charge is -1.96. The number of Topliss-reactive ketones (excluding diaryl/α,β-unsaturated/α-hetero) is 1. The smallest absolute Gasteiger partial charge is 0.231 e. The van der Waals surface area contributed by atoms with E-state index in [2.05, 4.69) is 26.1 Å². The van der Waals surface area contributed by atoms with Crippen LogP contribution in [0.4, 0.5) is 0 Å². The molecule has 0 aliphatic carbocycles. The summed E-state index contributed by atoms with van der Waals surface area (Å²) in [7, 11) is 0. The molecule has 1 aromatic carbocycles. The Morgan fingerprint density at radius 1 is 1.35 bits per heavy atom. The van der Waals surface area contributed by atoms with Crippen LogP contribution in [0.15, 0.2) is 33.3 Å². The molecule has 1 heterocycles. The molecule has 0 aliphatic rings. The highest BCUT2D eigenvalue weighted by Gasteiger charge is 2.08. The molecule has 0 saturated heterocycles. The third-order valence-electron chi connectivity index (χ3n) is 2.19. The Balaban J connectivity index is 2.06. The normalized spacial score (nSPS) is 10.5. The standard InChI is InChI=1S/C12H11BrN2O2/c1-8(16)6-11-14-12(17-15-11)7-9-2-4-10(13)5-3-9/h2-5H,6-7H2,1H3. The average Bonchev–Trinajstić information content (AvgIpc) is 2.68. The molecule has 0 radical (unpaired) electrons. The minimum absolute atomic E-state index is 0.0287. The summed E-state index contributed by atoms with van der Waals surface area (Å²) < 4.78 is 6.11. The van der Waals surface area contributed by atoms with Crippen LogP contribution in [0.1, 0.15) is 24.2 Å². The lowest BCUT2D eigenvalue weighted by Crippen LogP contribution is -1.98. The Morgan fingerprint density at radius 3 is 2.71 bits per heavy atom. The molecular weight excluding hydrogens is 284 g/mol. The van der Waals surface area contributed by atoms with Gasteiger partial charge in [0.25, 0.3) is 0 Å². The van der Waals surface area contributed by atoms with Crippen molar-refractivity contribution in [2.75, 3.05) is 0 Å². The summed E-state index contributed by atoms with van der Waals surface area (Å²) in [6.45, 7) is 1.50. The van der Waals surface area contributed by atoms with Crippen molar-refractivity contribution in [2.45, 2.75) is 19.8 Å². The first-order valence-corrected chi connectivity index (χ1v) is 5.98. The molecule has 0 bridgehead atoms. The van der Waals surface area contributed by atoms with E-state index in [1.165, 1.54) is 6.92 Å². The van der Waals surface area contributed by atoms with Gasteiger partial charge in [0.15, 0.2) is 5.82 Å². The van der Waals surface area contributed by atoms with Crippen molar-refractivity contribution in [1.29, 1.82) is 0 Å².